The number of nitrogens with one attached hydrogen (secondary N) is 1. The van der Waals surface area contributed by atoms with E-state index in [1.807, 2.05) is 39.3 Å². The van der Waals surface area contributed by atoms with Crippen LogP contribution in [0.3, 0.4) is 0 Å². The van der Waals surface area contributed by atoms with Crippen molar-refractivity contribution >= 4 is 37.0 Å². The van der Waals surface area contributed by atoms with Crippen LogP contribution >= 0.6 is 0 Å². The van der Waals surface area contributed by atoms with Gasteiger partial charge in [0.05, 0.1) is 19.4 Å². The van der Waals surface area contributed by atoms with E-state index in [2.05, 4.69) is 5.32 Å². The Labute approximate surface area is 168 Å². The van der Waals surface area contributed by atoms with Crippen LogP contribution in [-0.2, 0) is 17.8 Å². The average Bonchev–Trinajstić information content (AvgIpc) is 2.54. The zero-order chi connectivity index (χ0) is 22.3. The molecule has 14 heteroatoms. The summed E-state index contributed by atoms with van der Waals surface area (Å²) >= 11 is 0. The molecule has 0 bridgehead atoms. The van der Waals surface area contributed by atoms with Gasteiger partial charge in [-0.25, -0.2) is 5.84 Å². The fourth-order valence-corrected chi connectivity index (χ4v) is 16.0. The predicted octanol–water partition coefficient (Wildman–Crippen LogP) is -2.27. The summed E-state index contributed by atoms with van der Waals surface area (Å²) in [4.78, 5) is 23.5. The zero-order valence-corrected chi connectivity index (χ0v) is 20.4. The number of hydrazine groups is 1. The van der Waals surface area contributed by atoms with Gasteiger partial charge in [0.25, 0.3) is 11.8 Å². The summed E-state index contributed by atoms with van der Waals surface area (Å²) in [6.45, 7) is 9.84. The van der Waals surface area contributed by atoms with Crippen molar-refractivity contribution in [2.45, 2.75) is 51.5 Å². The Morgan fingerprint density at radius 2 is 1.43 bits per heavy atom. The first-order chi connectivity index (χ1) is 12.6. The second kappa shape index (κ2) is 10.9. The van der Waals surface area contributed by atoms with Crippen molar-refractivity contribution < 1.29 is 38.2 Å². The molecular formula is C14H35N3O8Si3. The number of nitrogens with two attached hydrogens (primary N) is 1. The van der Waals surface area contributed by atoms with E-state index in [1.165, 1.54) is 0 Å². The molecule has 0 aliphatic rings. The summed E-state index contributed by atoms with van der Waals surface area (Å²) in [7, 11) is -7.57. The van der Waals surface area contributed by atoms with E-state index in [0.717, 1.165) is 5.01 Å². The van der Waals surface area contributed by atoms with E-state index in [1.54, 1.807) is 0 Å². The van der Waals surface area contributed by atoms with Gasteiger partial charge in [0, 0.05) is 6.17 Å². The van der Waals surface area contributed by atoms with E-state index in [-0.39, 0.29) is 12.3 Å². The molecule has 7 N–H and O–H groups in total. The Hall–Kier alpha value is -0.689. The molecule has 0 saturated heterocycles. The molecule has 0 saturated carbocycles. The van der Waals surface area contributed by atoms with Crippen LogP contribution in [0.2, 0.25) is 39.3 Å². The lowest BCUT2D eigenvalue weighted by Crippen LogP contribution is -2.60. The van der Waals surface area contributed by atoms with Crippen molar-refractivity contribution in [1.82, 2.24) is 10.3 Å². The van der Waals surface area contributed by atoms with E-state index in [0.29, 0.717) is 0 Å². The molecule has 0 aliphatic carbocycles. The largest absolute Gasteiger partial charge is 0.435 e. The van der Waals surface area contributed by atoms with Crippen LogP contribution in [0.4, 0.5) is 0 Å². The summed E-state index contributed by atoms with van der Waals surface area (Å²) in [5.74, 6) is 4.26. The molecule has 2 amide bonds. The number of amides is 2. The fraction of sp³-hybridized carbons (Fsp3) is 0.857. The van der Waals surface area contributed by atoms with Crippen LogP contribution in [0.25, 0.3) is 0 Å². The highest BCUT2D eigenvalue weighted by Gasteiger charge is 2.41. The van der Waals surface area contributed by atoms with Gasteiger partial charge in [-0.15, -0.1) is 0 Å². The monoisotopic (exact) mass is 457 g/mol. The molecule has 28 heavy (non-hydrogen) atoms. The third-order valence-electron chi connectivity index (χ3n) is 3.50. The molecule has 0 rings (SSSR count). The van der Waals surface area contributed by atoms with Crippen LogP contribution in [0.15, 0.2) is 0 Å². The third-order valence-corrected chi connectivity index (χ3v) is 14.0. The fourth-order valence-electron chi connectivity index (χ4n) is 2.68. The van der Waals surface area contributed by atoms with Gasteiger partial charge in [0.15, 0.2) is 28.8 Å². The Balaban J connectivity index is 4.86. The molecule has 166 valence electrons. The topological polar surface area (TPSA) is 175 Å². The maximum atomic E-state index is 11.8. The van der Waals surface area contributed by atoms with Gasteiger partial charge < -0.3 is 34.0 Å². The molecule has 0 heterocycles. The summed E-state index contributed by atoms with van der Waals surface area (Å²) in [5.41, 5.74) is 0. The minimum absolute atomic E-state index is 0.101. The molecule has 0 fully saturated rings. The van der Waals surface area contributed by atoms with Gasteiger partial charge >= 0.3 is 8.56 Å². The average molecular weight is 458 g/mol. The van der Waals surface area contributed by atoms with Gasteiger partial charge in [-0.2, -0.15) is 0 Å². The lowest BCUT2D eigenvalue weighted by molar-refractivity contribution is -0.141. The van der Waals surface area contributed by atoms with Gasteiger partial charge in [-0.05, 0) is 39.3 Å². The van der Waals surface area contributed by atoms with Crippen LogP contribution in [0, 0.1) is 0 Å². The Bertz CT molecular complexity index is 536. The molecule has 0 aliphatic heterocycles. The number of nitrogens with zero attached hydrogens (tertiary/aromatic N) is 1. The van der Waals surface area contributed by atoms with Crippen molar-refractivity contribution in [1.29, 1.82) is 0 Å². The summed E-state index contributed by atoms with van der Waals surface area (Å²) in [6, 6.07) is 0. The SMILES string of the molecule is C[Si](C)(CNC(=O)C(O)CO)O[Si](C)(C)O[Si](C)(C)CN(N)C(=O)C(O)CO. The molecule has 0 aromatic carbocycles. The molecule has 0 spiro atoms. The number of hydrogen-bond acceptors (Lipinski definition) is 9. The Morgan fingerprint density at radius 3 is 1.89 bits per heavy atom. The van der Waals surface area contributed by atoms with Gasteiger partial charge in [-0.3, -0.25) is 14.6 Å². The molecule has 2 unspecified atom stereocenters. The maximum Gasteiger partial charge on any atom is 0.311 e. The molecule has 0 radical (unpaired) electrons. The molecule has 0 aromatic heterocycles. The number of rotatable bonds is 12. The normalized spacial score (nSPS) is 15.1. The lowest BCUT2D eigenvalue weighted by Gasteiger charge is -2.39. The second-order valence-electron chi connectivity index (χ2n) is 8.20. The van der Waals surface area contributed by atoms with Gasteiger partial charge in [0.2, 0.25) is 0 Å². The van der Waals surface area contributed by atoms with Gasteiger partial charge in [-0.1, -0.05) is 0 Å². The first-order valence-corrected chi connectivity index (χ1v) is 17.9. The van der Waals surface area contributed by atoms with E-state index >= 15 is 0 Å². The van der Waals surface area contributed by atoms with Crippen molar-refractivity contribution in [2.24, 2.45) is 5.84 Å². The summed E-state index contributed by atoms with van der Waals surface area (Å²) < 4.78 is 12.5. The second-order valence-corrected chi connectivity index (χ2v) is 20.3. The van der Waals surface area contributed by atoms with Crippen molar-refractivity contribution in [3.63, 3.8) is 0 Å². The van der Waals surface area contributed by atoms with Crippen LogP contribution in [-0.4, -0.2) is 100 Å². The quantitative estimate of drug-likeness (QED) is 0.0817. The zero-order valence-electron chi connectivity index (χ0n) is 17.4. The number of hydrogen-bond donors (Lipinski definition) is 6. The highest BCUT2D eigenvalue weighted by Crippen LogP contribution is 2.20. The number of aliphatic hydroxyl groups is 4. The van der Waals surface area contributed by atoms with Crippen molar-refractivity contribution in [3.8, 4) is 0 Å². The van der Waals surface area contributed by atoms with E-state index in [9.17, 15) is 19.8 Å². The summed E-state index contributed by atoms with van der Waals surface area (Å²) in [6.07, 6.45) is -2.71. The Kier molecular flexibility index (Phi) is 10.6. The van der Waals surface area contributed by atoms with Crippen LogP contribution < -0.4 is 11.2 Å². The van der Waals surface area contributed by atoms with Crippen molar-refractivity contribution in [2.75, 3.05) is 25.5 Å². The van der Waals surface area contributed by atoms with E-state index in [4.69, 9.17) is 24.3 Å². The van der Waals surface area contributed by atoms with Crippen LogP contribution in [0.5, 0.6) is 0 Å². The highest BCUT2D eigenvalue weighted by molar-refractivity contribution is 6.88. The third kappa shape index (κ3) is 10.2. The first-order valence-electron chi connectivity index (χ1n) is 8.88. The maximum absolute atomic E-state index is 11.8. The smallest absolute Gasteiger partial charge is 0.311 e. The van der Waals surface area contributed by atoms with Crippen molar-refractivity contribution in [3.05, 3.63) is 0 Å². The van der Waals surface area contributed by atoms with Gasteiger partial charge in [0.1, 0.15) is 0 Å². The Morgan fingerprint density at radius 1 is 0.964 bits per heavy atom. The predicted molar refractivity (Wildman–Crippen MR) is 110 cm³/mol. The lowest BCUT2D eigenvalue weighted by atomic mass is 10.3. The number of carbonyl (C=O) groups is 2. The number of aliphatic hydroxyl groups excluding tert-OH is 4. The van der Waals surface area contributed by atoms with E-state index < -0.39 is 62.4 Å². The molecule has 0 aromatic rings. The molecular weight excluding hydrogens is 422 g/mol. The standard InChI is InChI=1S/C14H35N3O8Si3/c1-26(2,9-16-13(22)11(20)7-18)24-28(5,6)25-27(3,4)10-17(15)14(23)12(21)8-19/h11-12,18-21H,7-10,15H2,1-6H3,(H,16,22). The first kappa shape index (κ1) is 27.3. The highest BCUT2D eigenvalue weighted by atomic mass is 28.5. The summed E-state index contributed by atoms with van der Waals surface area (Å²) in [5, 5.41) is 39.8. The minimum Gasteiger partial charge on any atom is -0.435 e. The molecule has 2 atom stereocenters. The molecule has 11 nitrogen and oxygen atoms in total. The van der Waals surface area contributed by atoms with Crippen LogP contribution in [0.1, 0.15) is 0 Å². The minimum atomic E-state index is -2.66. The number of carbonyl (C=O) groups excluding carboxylic acids is 2.